The van der Waals surface area contributed by atoms with E-state index in [9.17, 15) is 4.79 Å². The van der Waals surface area contributed by atoms with E-state index < -0.39 is 24.3 Å². The van der Waals surface area contributed by atoms with Crippen molar-refractivity contribution in [3.8, 4) is 0 Å². The Hall–Kier alpha value is 1.41. The van der Waals surface area contributed by atoms with Gasteiger partial charge in [0.15, 0.2) is 4.33 Å². The Bertz CT molecular complexity index is 564. The van der Waals surface area contributed by atoms with Crippen LogP contribution in [0.25, 0.3) is 0 Å². The van der Waals surface area contributed by atoms with Gasteiger partial charge in [0.1, 0.15) is 15.5 Å². The zero-order chi connectivity index (χ0) is 13.7. The summed E-state index contributed by atoms with van der Waals surface area (Å²) in [4.78, 5) is 9.19. The first-order valence-electron chi connectivity index (χ1n) is 6.29. The van der Waals surface area contributed by atoms with E-state index in [0.29, 0.717) is 0 Å². The van der Waals surface area contributed by atoms with E-state index in [4.69, 9.17) is 69.6 Å². The summed E-state index contributed by atoms with van der Waals surface area (Å²) in [6, 6.07) is 0. The summed E-state index contributed by atoms with van der Waals surface area (Å²) in [5.74, 6) is -0.312. The van der Waals surface area contributed by atoms with Gasteiger partial charge in [0.2, 0.25) is 0 Å². The SMILES string of the molecule is O=C1[C@@H]2C[C@H]3[C@H]4[C@H]2[C@@]2(Cl)[C@H](Cl)[C@](Cl)([C@@H]13)[C@]4(Cl)C2(Cl)Cl. The van der Waals surface area contributed by atoms with E-state index in [1.54, 1.807) is 0 Å². The van der Waals surface area contributed by atoms with Crippen LogP contribution in [-0.4, -0.2) is 30.1 Å². The van der Waals surface area contributed by atoms with E-state index in [2.05, 4.69) is 0 Å². The molecule has 0 heterocycles. The van der Waals surface area contributed by atoms with Crippen LogP contribution in [0.15, 0.2) is 0 Å². The lowest BCUT2D eigenvalue weighted by Crippen LogP contribution is -2.54. The highest BCUT2D eigenvalue weighted by molar-refractivity contribution is 6.64. The van der Waals surface area contributed by atoms with Crippen molar-refractivity contribution in [3.05, 3.63) is 0 Å². The maximum absolute atomic E-state index is 12.6. The molecule has 7 heteroatoms. The van der Waals surface area contributed by atoms with Crippen molar-refractivity contribution in [1.29, 1.82) is 0 Å². The third kappa shape index (κ3) is 0.788. The van der Waals surface area contributed by atoms with Crippen LogP contribution in [0.2, 0.25) is 0 Å². The lowest BCUT2D eigenvalue weighted by molar-refractivity contribution is -0.126. The largest absolute Gasteiger partial charge is 0.299 e. The number of carbonyl (C=O) groups is 1. The molecule has 0 radical (unpaired) electrons. The van der Waals surface area contributed by atoms with Crippen molar-refractivity contribution in [2.75, 3.05) is 0 Å². The molecular weight excluding hydrogens is 373 g/mol. The second kappa shape index (κ2) is 2.93. The van der Waals surface area contributed by atoms with Gasteiger partial charge < -0.3 is 0 Å². The van der Waals surface area contributed by atoms with Gasteiger partial charge in [0, 0.05) is 11.8 Å². The number of fused-ring (bicyclic) bond motifs is 5. The summed E-state index contributed by atoms with van der Waals surface area (Å²) >= 11 is 40.2. The normalized spacial score (nSPS) is 73.7. The Kier molecular flexibility index (Phi) is 1.99. The standard InChI is InChI=1S/C12H8Cl6O/c13-8-9(14)6-2-1-3(7(6)19)4-5(2)11(9,16)12(17,18)10(4,8)15/h2-6,8H,1H2/t2-,3+,4-,5-,6+,8+,9+,10+,11-/m0/s1. The van der Waals surface area contributed by atoms with Crippen molar-refractivity contribution in [2.24, 2.45) is 29.6 Å². The second-order valence-corrected chi connectivity index (χ2v) is 10.2. The molecule has 5 aliphatic carbocycles. The minimum atomic E-state index is -1.40. The van der Waals surface area contributed by atoms with Crippen LogP contribution in [0.1, 0.15) is 6.42 Å². The van der Waals surface area contributed by atoms with Crippen LogP contribution >= 0.6 is 69.6 Å². The number of halogens is 6. The topological polar surface area (TPSA) is 17.1 Å². The summed E-state index contributed by atoms with van der Waals surface area (Å²) in [5, 5.41) is -0.693. The average Bonchev–Trinajstić information content (AvgIpc) is 2.95. The first-order chi connectivity index (χ1) is 8.66. The molecule has 104 valence electrons. The van der Waals surface area contributed by atoms with Crippen LogP contribution < -0.4 is 0 Å². The molecule has 0 unspecified atom stereocenters. The van der Waals surface area contributed by atoms with Gasteiger partial charge in [0.25, 0.3) is 0 Å². The van der Waals surface area contributed by atoms with E-state index in [1.165, 1.54) is 0 Å². The minimum Gasteiger partial charge on any atom is -0.299 e. The Morgan fingerprint density at radius 3 is 2.26 bits per heavy atom. The minimum absolute atomic E-state index is 0.00173. The maximum Gasteiger partial charge on any atom is 0.160 e. The first kappa shape index (κ1) is 12.9. The fourth-order valence-corrected chi connectivity index (χ4v) is 10.2. The maximum atomic E-state index is 12.6. The Balaban J connectivity index is 1.95. The molecule has 0 aliphatic heterocycles. The summed E-state index contributed by atoms with van der Waals surface area (Å²) in [7, 11) is 0. The molecule has 9 atom stereocenters. The molecule has 4 bridgehead atoms. The van der Waals surface area contributed by atoms with E-state index >= 15 is 0 Å². The second-order valence-electron chi connectivity index (χ2n) is 6.62. The summed E-state index contributed by atoms with van der Waals surface area (Å²) < 4.78 is -1.40. The number of Topliss-reactive ketones (excluding diaryl/α,β-unsaturated/α-hetero) is 1. The van der Waals surface area contributed by atoms with Gasteiger partial charge in [0.05, 0.1) is 10.3 Å². The predicted octanol–water partition coefficient (Wildman–Crippen LogP) is 3.81. The zero-order valence-electron chi connectivity index (χ0n) is 9.35. The van der Waals surface area contributed by atoms with Crippen molar-refractivity contribution in [2.45, 2.75) is 30.8 Å². The van der Waals surface area contributed by atoms with Gasteiger partial charge >= 0.3 is 0 Å². The highest BCUT2D eigenvalue weighted by Gasteiger charge is 3.00. The van der Waals surface area contributed by atoms with Crippen LogP contribution in [0.4, 0.5) is 0 Å². The third-order valence-corrected chi connectivity index (χ3v) is 11.5. The molecule has 0 aromatic heterocycles. The third-order valence-electron chi connectivity index (χ3n) is 6.54. The van der Waals surface area contributed by atoms with Crippen molar-refractivity contribution in [1.82, 2.24) is 0 Å². The lowest BCUT2D eigenvalue weighted by atomic mass is 9.76. The van der Waals surface area contributed by atoms with Gasteiger partial charge in [-0.15, -0.1) is 46.4 Å². The molecule has 0 amide bonds. The van der Waals surface area contributed by atoms with Crippen LogP contribution in [-0.2, 0) is 4.79 Å². The number of ketones is 1. The van der Waals surface area contributed by atoms with Gasteiger partial charge in [-0.3, -0.25) is 4.79 Å². The van der Waals surface area contributed by atoms with Crippen molar-refractivity contribution < 1.29 is 4.79 Å². The molecule has 0 N–H and O–H groups in total. The molecule has 1 nitrogen and oxygen atoms in total. The molecule has 0 aromatic carbocycles. The van der Waals surface area contributed by atoms with E-state index in [-0.39, 0.29) is 35.4 Å². The zero-order valence-corrected chi connectivity index (χ0v) is 13.9. The fraction of sp³-hybridized carbons (Fsp3) is 0.917. The van der Waals surface area contributed by atoms with E-state index in [1.807, 2.05) is 0 Å². The summed E-state index contributed by atoms with van der Waals surface area (Å²) in [6.07, 6.45) is 0.809. The molecule has 5 rings (SSSR count). The van der Waals surface area contributed by atoms with Gasteiger partial charge in [-0.25, -0.2) is 0 Å². The molecular formula is C12H8Cl6O. The Morgan fingerprint density at radius 2 is 1.63 bits per heavy atom. The van der Waals surface area contributed by atoms with Gasteiger partial charge in [-0.1, -0.05) is 23.2 Å². The smallest absolute Gasteiger partial charge is 0.160 e. The number of carbonyl (C=O) groups excluding carboxylic acids is 1. The fourth-order valence-electron chi connectivity index (χ4n) is 6.19. The van der Waals surface area contributed by atoms with Gasteiger partial charge in [-0.05, 0) is 24.2 Å². The van der Waals surface area contributed by atoms with E-state index in [0.717, 1.165) is 6.42 Å². The summed E-state index contributed by atoms with van der Waals surface area (Å²) in [6.45, 7) is 0. The number of hydrogen-bond acceptors (Lipinski definition) is 1. The van der Waals surface area contributed by atoms with Crippen LogP contribution in [0, 0.1) is 29.6 Å². The van der Waals surface area contributed by atoms with Crippen LogP contribution in [0.3, 0.4) is 0 Å². The lowest BCUT2D eigenvalue weighted by Gasteiger charge is -2.41. The Morgan fingerprint density at radius 1 is 1.00 bits per heavy atom. The van der Waals surface area contributed by atoms with Crippen molar-refractivity contribution >= 4 is 75.4 Å². The summed E-state index contributed by atoms with van der Waals surface area (Å²) in [5.41, 5.74) is 0. The van der Waals surface area contributed by atoms with Gasteiger partial charge in [-0.2, -0.15) is 0 Å². The molecule has 0 saturated heterocycles. The predicted molar refractivity (Wildman–Crippen MR) is 76.9 cm³/mol. The molecule has 5 saturated carbocycles. The monoisotopic (exact) mass is 378 g/mol. The highest BCUT2D eigenvalue weighted by atomic mass is 35.5. The highest BCUT2D eigenvalue weighted by Crippen LogP contribution is 2.90. The first-order valence-corrected chi connectivity index (χ1v) is 8.61. The van der Waals surface area contributed by atoms with Crippen molar-refractivity contribution in [3.63, 3.8) is 0 Å². The quantitative estimate of drug-likeness (QED) is 0.584. The average molecular weight is 381 g/mol. The molecule has 0 aromatic rings. The molecule has 5 fully saturated rings. The molecule has 0 spiro atoms. The molecule has 19 heavy (non-hydrogen) atoms. The van der Waals surface area contributed by atoms with Crippen LogP contribution in [0.5, 0.6) is 0 Å². The number of rotatable bonds is 0. The Labute approximate surface area is 140 Å². The molecule has 5 aliphatic rings. The number of alkyl halides is 6. The number of hydrogen-bond donors (Lipinski definition) is 0.